The van der Waals surface area contributed by atoms with Gasteiger partial charge in [-0.15, -0.1) is 0 Å². The summed E-state index contributed by atoms with van der Waals surface area (Å²) in [6, 6.07) is 8.87. The second-order valence-corrected chi connectivity index (χ2v) is 4.29. The molecule has 0 saturated carbocycles. The summed E-state index contributed by atoms with van der Waals surface area (Å²) in [4.78, 5) is 11.0. The van der Waals surface area contributed by atoms with Crippen molar-refractivity contribution in [3.63, 3.8) is 0 Å². The van der Waals surface area contributed by atoms with Crippen LogP contribution in [0.2, 0.25) is 0 Å². The van der Waals surface area contributed by atoms with Crippen LogP contribution in [0.4, 0.5) is 4.39 Å². The lowest BCUT2D eigenvalue weighted by molar-refractivity contribution is 0.0693. The highest BCUT2D eigenvalue weighted by Crippen LogP contribution is 2.27. The second kappa shape index (κ2) is 5.10. The maximum atomic E-state index is 13.0. The highest BCUT2D eigenvalue weighted by molar-refractivity contribution is 5.91. The number of hydrogen-bond acceptors (Lipinski definition) is 2. The maximum absolute atomic E-state index is 13.0. The Morgan fingerprint density at radius 3 is 2.47 bits per heavy atom. The van der Waals surface area contributed by atoms with Gasteiger partial charge in [0, 0.05) is 0 Å². The molecule has 0 aromatic heterocycles. The molecule has 0 aliphatic heterocycles. The summed E-state index contributed by atoms with van der Waals surface area (Å²) in [5.74, 6) is -1.18. The van der Waals surface area contributed by atoms with Crippen molar-refractivity contribution in [1.82, 2.24) is 0 Å². The molecule has 0 aliphatic carbocycles. The Kier molecular flexibility index (Phi) is 3.51. The SMILES string of the molecule is Cc1ccc(Oc2ccc(F)cc2C(=O)O)cc1C. The zero-order chi connectivity index (χ0) is 14.0. The van der Waals surface area contributed by atoms with Crippen LogP contribution in [0.5, 0.6) is 11.5 Å². The Morgan fingerprint density at radius 2 is 1.84 bits per heavy atom. The minimum atomic E-state index is -1.22. The van der Waals surface area contributed by atoms with Gasteiger partial charge in [0.2, 0.25) is 0 Å². The van der Waals surface area contributed by atoms with E-state index in [-0.39, 0.29) is 11.3 Å². The average Bonchev–Trinajstić information content (AvgIpc) is 2.36. The topological polar surface area (TPSA) is 46.5 Å². The number of carbonyl (C=O) groups is 1. The minimum Gasteiger partial charge on any atom is -0.478 e. The summed E-state index contributed by atoms with van der Waals surface area (Å²) in [6.07, 6.45) is 0. The van der Waals surface area contributed by atoms with E-state index in [2.05, 4.69) is 0 Å². The lowest BCUT2D eigenvalue weighted by Crippen LogP contribution is -2.01. The maximum Gasteiger partial charge on any atom is 0.339 e. The first-order valence-corrected chi connectivity index (χ1v) is 5.75. The molecule has 0 bridgehead atoms. The van der Waals surface area contributed by atoms with Crippen molar-refractivity contribution < 1.29 is 19.0 Å². The van der Waals surface area contributed by atoms with Gasteiger partial charge in [-0.3, -0.25) is 0 Å². The third-order valence-corrected chi connectivity index (χ3v) is 2.88. The number of aryl methyl sites for hydroxylation is 2. The monoisotopic (exact) mass is 260 g/mol. The Balaban J connectivity index is 2.37. The van der Waals surface area contributed by atoms with Crippen LogP contribution >= 0.6 is 0 Å². The van der Waals surface area contributed by atoms with Crippen LogP contribution in [0, 0.1) is 19.7 Å². The highest BCUT2D eigenvalue weighted by Gasteiger charge is 2.13. The summed E-state index contributed by atoms with van der Waals surface area (Å²) >= 11 is 0. The summed E-state index contributed by atoms with van der Waals surface area (Å²) in [7, 11) is 0. The summed E-state index contributed by atoms with van der Waals surface area (Å²) in [6.45, 7) is 3.91. The molecule has 0 unspecified atom stereocenters. The molecule has 2 rings (SSSR count). The molecule has 3 nitrogen and oxygen atoms in total. The third kappa shape index (κ3) is 2.91. The smallest absolute Gasteiger partial charge is 0.339 e. The number of carboxylic acids is 1. The number of carboxylic acid groups (broad SMARTS) is 1. The molecular weight excluding hydrogens is 247 g/mol. The fourth-order valence-corrected chi connectivity index (χ4v) is 1.66. The van der Waals surface area contributed by atoms with Crippen LogP contribution in [-0.2, 0) is 0 Å². The molecule has 0 aliphatic rings. The predicted octanol–water partition coefficient (Wildman–Crippen LogP) is 3.93. The van der Waals surface area contributed by atoms with Crippen molar-refractivity contribution >= 4 is 5.97 Å². The molecule has 0 fully saturated rings. The van der Waals surface area contributed by atoms with Crippen molar-refractivity contribution in [3.05, 3.63) is 58.9 Å². The van der Waals surface area contributed by atoms with E-state index < -0.39 is 11.8 Å². The second-order valence-electron chi connectivity index (χ2n) is 4.29. The number of ether oxygens (including phenoxy) is 1. The molecule has 0 heterocycles. The molecule has 19 heavy (non-hydrogen) atoms. The molecule has 0 radical (unpaired) electrons. The molecule has 0 spiro atoms. The van der Waals surface area contributed by atoms with Crippen LogP contribution in [0.25, 0.3) is 0 Å². The minimum absolute atomic E-state index is 0.122. The number of rotatable bonds is 3. The van der Waals surface area contributed by atoms with Crippen LogP contribution in [-0.4, -0.2) is 11.1 Å². The van der Waals surface area contributed by atoms with Gasteiger partial charge in [-0.2, -0.15) is 0 Å². The van der Waals surface area contributed by atoms with E-state index in [0.29, 0.717) is 5.75 Å². The standard InChI is InChI=1S/C15H13FO3/c1-9-3-5-12(7-10(9)2)19-14-6-4-11(16)8-13(14)15(17)18/h3-8H,1-2H3,(H,17,18). The summed E-state index contributed by atoms with van der Waals surface area (Å²) < 4.78 is 18.6. The van der Waals surface area contributed by atoms with E-state index in [1.54, 1.807) is 6.07 Å². The van der Waals surface area contributed by atoms with E-state index in [4.69, 9.17) is 9.84 Å². The van der Waals surface area contributed by atoms with Gasteiger partial charge in [-0.25, -0.2) is 9.18 Å². The largest absolute Gasteiger partial charge is 0.478 e. The molecule has 0 amide bonds. The average molecular weight is 260 g/mol. The summed E-state index contributed by atoms with van der Waals surface area (Å²) in [5.41, 5.74) is 1.96. The molecule has 1 N–H and O–H groups in total. The van der Waals surface area contributed by atoms with Crippen molar-refractivity contribution in [3.8, 4) is 11.5 Å². The first-order chi connectivity index (χ1) is 8.97. The molecule has 2 aromatic carbocycles. The fraction of sp³-hybridized carbons (Fsp3) is 0.133. The Hall–Kier alpha value is -2.36. The fourth-order valence-electron chi connectivity index (χ4n) is 1.66. The van der Waals surface area contributed by atoms with Gasteiger partial charge in [-0.05, 0) is 55.3 Å². The van der Waals surface area contributed by atoms with Crippen LogP contribution in [0.3, 0.4) is 0 Å². The van der Waals surface area contributed by atoms with Gasteiger partial charge in [0.25, 0.3) is 0 Å². The van der Waals surface area contributed by atoms with E-state index in [9.17, 15) is 9.18 Å². The van der Waals surface area contributed by atoms with Crippen LogP contribution in [0.15, 0.2) is 36.4 Å². The van der Waals surface area contributed by atoms with Crippen LogP contribution in [0.1, 0.15) is 21.5 Å². The molecule has 0 atom stereocenters. The van der Waals surface area contributed by atoms with E-state index >= 15 is 0 Å². The van der Waals surface area contributed by atoms with Crippen molar-refractivity contribution in [2.45, 2.75) is 13.8 Å². The van der Waals surface area contributed by atoms with Gasteiger partial charge < -0.3 is 9.84 Å². The summed E-state index contributed by atoms with van der Waals surface area (Å²) in [5, 5.41) is 9.02. The molecular formula is C15H13FO3. The normalized spacial score (nSPS) is 10.3. The molecule has 0 saturated heterocycles. The Morgan fingerprint density at radius 1 is 1.11 bits per heavy atom. The first-order valence-electron chi connectivity index (χ1n) is 5.75. The third-order valence-electron chi connectivity index (χ3n) is 2.88. The molecule has 4 heteroatoms. The van der Waals surface area contributed by atoms with Gasteiger partial charge in [0.15, 0.2) is 0 Å². The molecule has 98 valence electrons. The zero-order valence-electron chi connectivity index (χ0n) is 10.6. The van der Waals surface area contributed by atoms with Gasteiger partial charge in [-0.1, -0.05) is 6.07 Å². The highest BCUT2D eigenvalue weighted by atomic mass is 19.1. The Bertz CT molecular complexity index is 635. The molecule has 2 aromatic rings. The lowest BCUT2D eigenvalue weighted by atomic mass is 10.1. The predicted molar refractivity (Wildman–Crippen MR) is 69.3 cm³/mol. The van der Waals surface area contributed by atoms with E-state index in [1.165, 1.54) is 12.1 Å². The van der Waals surface area contributed by atoms with Crippen molar-refractivity contribution in [2.24, 2.45) is 0 Å². The lowest BCUT2D eigenvalue weighted by Gasteiger charge is -2.10. The van der Waals surface area contributed by atoms with Crippen molar-refractivity contribution in [1.29, 1.82) is 0 Å². The first kappa shape index (κ1) is 13.1. The number of benzene rings is 2. The van der Waals surface area contributed by atoms with E-state index in [1.807, 2.05) is 26.0 Å². The van der Waals surface area contributed by atoms with Gasteiger partial charge in [0.05, 0.1) is 0 Å². The van der Waals surface area contributed by atoms with Gasteiger partial charge >= 0.3 is 5.97 Å². The van der Waals surface area contributed by atoms with E-state index in [0.717, 1.165) is 17.2 Å². The number of aromatic carboxylic acids is 1. The number of hydrogen-bond donors (Lipinski definition) is 1. The quantitative estimate of drug-likeness (QED) is 0.909. The van der Waals surface area contributed by atoms with Gasteiger partial charge in [0.1, 0.15) is 22.9 Å². The van der Waals surface area contributed by atoms with Crippen molar-refractivity contribution in [2.75, 3.05) is 0 Å². The zero-order valence-corrected chi connectivity index (χ0v) is 10.6. The Labute approximate surface area is 110 Å². The number of halogens is 1. The van der Waals surface area contributed by atoms with Crippen LogP contribution < -0.4 is 4.74 Å².